The minimum Gasteiger partial charge on any atom is -0.496 e. The highest BCUT2D eigenvalue weighted by atomic mass is 79.9. The molecule has 0 aromatic heterocycles. The van der Waals surface area contributed by atoms with Crippen LogP contribution in [0.5, 0.6) is 5.75 Å². The summed E-state index contributed by atoms with van der Waals surface area (Å²) in [7, 11) is 1.56. The summed E-state index contributed by atoms with van der Waals surface area (Å²) in [5.41, 5.74) is 1.55. The molecule has 84 valence electrons. The summed E-state index contributed by atoms with van der Waals surface area (Å²) in [6.07, 6.45) is 1.19. The summed E-state index contributed by atoms with van der Waals surface area (Å²) in [6.45, 7) is 1.89. The molecule has 1 aromatic rings. The van der Waals surface area contributed by atoms with Gasteiger partial charge in [-0.3, -0.25) is 0 Å². The van der Waals surface area contributed by atoms with Crippen molar-refractivity contribution in [3.8, 4) is 5.75 Å². The molecule has 0 saturated heterocycles. The number of methoxy groups -OCH3 is 1. The highest BCUT2D eigenvalue weighted by molar-refractivity contribution is 9.10. The van der Waals surface area contributed by atoms with E-state index in [-0.39, 0.29) is 12.4 Å². The van der Waals surface area contributed by atoms with E-state index in [9.17, 15) is 4.39 Å². The van der Waals surface area contributed by atoms with Gasteiger partial charge in [0.25, 0.3) is 0 Å². The van der Waals surface area contributed by atoms with Crippen molar-refractivity contribution < 1.29 is 14.2 Å². The lowest BCUT2D eigenvalue weighted by atomic mass is 10.0. The molecule has 0 aliphatic heterocycles. The van der Waals surface area contributed by atoms with Crippen LogP contribution in [0.15, 0.2) is 10.5 Å². The van der Waals surface area contributed by atoms with Crippen LogP contribution in [0.2, 0.25) is 0 Å². The summed E-state index contributed by atoms with van der Waals surface area (Å²) < 4.78 is 19.1. The Balaban J connectivity index is 3.18. The molecular weight excluding hydrogens is 263 g/mol. The number of hydrogen-bond acceptors (Lipinski definition) is 2. The van der Waals surface area contributed by atoms with Crippen molar-refractivity contribution in [2.24, 2.45) is 0 Å². The molecule has 0 fully saturated rings. The van der Waals surface area contributed by atoms with Crippen LogP contribution in [0.4, 0.5) is 4.39 Å². The maximum Gasteiger partial charge on any atom is 0.138 e. The number of aliphatic hydroxyl groups excluding tert-OH is 1. The highest BCUT2D eigenvalue weighted by Crippen LogP contribution is 2.33. The van der Waals surface area contributed by atoms with Crippen LogP contribution in [-0.2, 0) is 6.42 Å². The van der Waals surface area contributed by atoms with E-state index in [0.717, 1.165) is 11.1 Å². The normalized spacial score (nSPS) is 10.5. The molecule has 0 atom stereocenters. The maximum absolute atomic E-state index is 13.4. The Morgan fingerprint density at radius 1 is 1.53 bits per heavy atom. The number of aryl methyl sites for hydroxylation is 1. The van der Waals surface area contributed by atoms with Gasteiger partial charge in [-0.05, 0) is 47.3 Å². The van der Waals surface area contributed by atoms with Crippen LogP contribution in [0.1, 0.15) is 17.5 Å². The van der Waals surface area contributed by atoms with Gasteiger partial charge in [-0.1, -0.05) is 0 Å². The monoisotopic (exact) mass is 276 g/mol. The molecule has 1 rings (SSSR count). The van der Waals surface area contributed by atoms with E-state index >= 15 is 0 Å². The van der Waals surface area contributed by atoms with Gasteiger partial charge in [0.05, 0.1) is 11.6 Å². The molecule has 0 saturated carbocycles. The molecular formula is C11H14BrFO2. The third-order valence-corrected chi connectivity index (χ3v) is 3.10. The molecule has 15 heavy (non-hydrogen) atoms. The molecule has 0 amide bonds. The first kappa shape index (κ1) is 12.5. The van der Waals surface area contributed by atoms with Crippen LogP contribution in [-0.4, -0.2) is 18.8 Å². The molecule has 4 heteroatoms. The number of halogens is 2. The number of ether oxygens (including phenoxy) is 1. The zero-order chi connectivity index (χ0) is 11.4. The minimum absolute atomic E-state index is 0.0884. The highest BCUT2D eigenvalue weighted by Gasteiger charge is 2.14. The zero-order valence-electron chi connectivity index (χ0n) is 8.81. The largest absolute Gasteiger partial charge is 0.496 e. The molecule has 0 heterocycles. The molecule has 0 unspecified atom stereocenters. The minimum atomic E-state index is -0.291. The molecule has 0 spiro atoms. The third kappa shape index (κ3) is 2.69. The molecule has 0 aliphatic rings. The van der Waals surface area contributed by atoms with Crippen molar-refractivity contribution in [3.05, 3.63) is 27.5 Å². The number of rotatable bonds is 4. The van der Waals surface area contributed by atoms with Crippen LogP contribution in [0.25, 0.3) is 0 Å². The smallest absolute Gasteiger partial charge is 0.138 e. The van der Waals surface area contributed by atoms with Crippen molar-refractivity contribution >= 4 is 15.9 Å². The van der Waals surface area contributed by atoms with E-state index < -0.39 is 0 Å². The van der Waals surface area contributed by atoms with Gasteiger partial charge in [-0.2, -0.15) is 0 Å². The number of aliphatic hydroxyl groups is 1. The van der Waals surface area contributed by atoms with Crippen molar-refractivity contribution in [3.63, 3.8) is 0 Å². The van der Waals surface area contributed by atoms with E-state index in [4.69, 9.17) is 9.84 Å². The summed E-state index contributed by atoms with van der Waals surface area (Å²) >= 11 is 3.20. The quantitative estimate of drug-likeness (QED) is 0.917. The van der Waals surface area contributed by atoms with Gasteiger partial charge in [-0.25, -0.2) is 4.39 Å². The standard InChI is InChI=1S/C11H14BrFO2/c1-7-6-9(13)10(12)8(4-3-5-14)11(7)15-2/h6,14H,3-5H2,1-2H3. The fourth-order valence-electron chi connectivity index (χ4n) is 1.56. The summed E-state index contributed by atoms with van der Waals surface area (Å²) in [4.78, 5) is 0. The van der Waals surface area contributed by atoms with Crippen LogP contribution in [0.3, 0.4) is 0 Å². The van der Waals surface area contributed by atoms with Crippen molar-refractivity contribution in [2.45, 2.75) is 19.8 Å². The average molecular weight is 277 g/mol. The van der Waals surface area contributed by atoms with Gasteiger partial charge in [0.1, 0.15) is 11.6 Å². The Morgan fingerprint density at radius 3 is 2.73 bits per heavy atom. The van der Waals surface area contributed by atoms with Gasteiger partial charge < -0.3 is 9.84 Å². The second kappa shape index (κ2) is 5.47. The second-order valence-corrected chi connectivity index (χ2v) is 4.12. The van der Waals surface area contributed by atoms with Gasteiger partial charge in [0.2, 0.25) is 0 Å². The summed E-state index contributed by atoms with van der Waals surface area (Å²) in [6, 6.07) is 1.44. The Morgan fingerprint density at radius 2 is 2.20 bits per heavy atom. The molecule has 0 bridgehead atoms. The van der Waals surface area contributed by atoms with E-state index in [1.54, 1.807) is 14.0 Å². The SMILES string of the molecule is COc1c(C)cc(F)c(Br)c1CCCO. The van der Waals surface area contributed by atoms with Gasteiger partial charge in [-0.15, -0.1) is 0 Å². The first-order valence-corrected chi connectivity index (χ1v) is 5.53. The van der Waals surface area contributed by atoms with E-state index in [1.807, 2.05) is 0 Å². The Kier molecular flexibility index (Phi) is 4.54. The first-order valence-electron chi connectivity index (χ1n) is 4.74. The van der Waals surface area contributed by atoms with Gasteiger partial charge in [0, 0.05) is 12.2 Å². The maximum atomic E-state index is 13.4. The van der Waals surface area contributed by atoms with Gasteiger partial charge in [0.15, 0.2) is 0 Å². The Bertz CT molecular complexity index is 353. The van der Waals surface area contributed by atoms with Gasteiger partial charge >= 0.3 is 0 Å². The zero-order valence-corrected chi connectivity index (χ0v) is 10.4. The third-order valence-electron chi connectivity index (χ3n) is 2.24. The predicted molar refractivity (Wildman–Crippen MR) is 60.8 cm³/mol. The molecule has 2 nitrogen and oxygen atoms in total. The lowest BCUT2D eigenvalue weighted by Crippen LogP contribution is -2.00. The van der Waals surface area contributed by atoms with E-state index in [2.05, 4.69) is 15.9 Å². The predicted octanol–water partition coefficient (Wildman–Crippen LogP) is 2.83. The fourth-order valence-corrected chi connectivity index (χ4v) is 2.06. The topological polar surface area (TPSA) is 29.5 Å². The second-order valence-electron chi connectivity index (χ2n) is 3.33. The molecule has 0 aliphatic carbocycles. The van der Waals surface area contributed by atoms with Crippen molar-refractivity contribution in [1.82, 2.24) is 0 Å². The first-order chi connectivity index (χ1) is 7.11. The van der Waals surface area contributed by atoms with Crippen LogP contribution in [0, 0.1) is 12.7 Å². The molecule has 1 aromatic carbocycles. The molecule has 1 N–H and O–H groups in total. The molecule has 0 radical (unpaired) electrons. The summed E-state index contributed by atoms with van der Waals surface area (Å²) in [5, 5.41) is 8.77. The van der Waals surface area contributed by atoms with Crippen molar-refractivity contribution in [2.75, 3.05) is 13.7 Å². The van der Waals surface area contributed by atoms with Crippen molar-refractivity contribution in [1.29, 1.82) is 0 Å². The van der Waals surface area contributed by atoms with E-state index in [0.29, 0.717) is 23.1 Å². The number of benzene rings is 1. The Hall–Kier alpha value is -0.610. The number of hydrogen-bond donors (Lipinski definition) is 1. The Labute approximate surface area is 97.2 Å². The van der Waals surface area contributed by atoms with Crippen LogP contribution >= 0.6 is 15.9 Å². The van der Waals surface area contributed by atoms with Crippen LogP contribution < -0.4 is 4.74 Å². The fraction of sp³-hybridized carbons (Fsp3) is 0.455. The van der Waals surface area contributed by atoms with E-state index in [1.165, 1.54) is 6.07 Å². The summed E-state index contributed by atoms with van der Waals surface area (Å²) in [5.74, 6) is 0.401. The lowest BCUT2D eigenvalue weighted by Gasteiger charge is -2.13. The average Bonchev–Trinajstić information content (AvgIpc) is 2.21. The lowest BCUT2D eigenvalue weighted by molar-refractivity contribution is 0.287.